The van der Waals surface area contributed by atoms with Crippen LogP contribution < -0.4 is 5.32 Å². The van der Waals surface area contributed by atoms with Crippen molar-refractivity contribution in [3.05, 3.63) is 59.1 Å². The minimum Gasteiger partial charge on any atom is -0.317 e. The van der Waals surface area contributed by atoms with Crippen LogP contribution in [-0.4, -0.2) is 47.0 Å². The summed E-state index contributed by atoms with van der Waals surface area (Å²) >= 11 is 1.62. The summed E-state index contributed by atoms with van der Waals surface area (Å²) in [6.07, 6.45) is 1.92. The molecule has 0 unspecified atom stereocenters. The first-order valence-corrected chi connectivity index (χ1v) is 10.6. The number of carbonyl (C=O) groups is 1. The number of rotatable bonds is 4. The van der Waals surface area contributed by atoms with E-state index in [4.69, 9.17) is 5.26 Å². The Kier molecular flexibility index (Phi) is 5.74. The number of hydrogen-bond acceptors (Lipinski definition) is 5. The Bertz CT molecular complexity index is 1030. The molecule has 0 aliphatic carbocycles. The maximum absolute atomic E-state index is 13.2. The molecule has 1 N–H and O–H groups in total. The standard InChI is InChI=1S/C22H23N5OS/c1-26-10-8-19(9-11-26)27(14-17-4-7-20-21(12-17)29-15-24-20)22(28)25-18-5-2-16(13-23)3-6-18/h2-7,12,15,19H,8-11,14H2,1H3,(H,25,28). The van der Waals surface area contributed by atoms with Crippen LogP contribution in [-0.2, 0) is 6.54 Å². The zero-order valence-electron chi connectivity index (χ0n) is 16.3. The number of hydrogen-bond donors (Lipinski definition) is 1. The predicted molar refractivity (Wildman–Crippen MR) is 116 cm³/mol. The largest absolute Gasteiger partial charge is 0.322 e. The number of likely N-dealkylation sites (tertiary alicyclic amines) is 1. The topological polar surface area (TPSA) is 72.3 Å². The summed E-state index contributed by atoms with van der Waals surface area (Å²) in [5, 5.41) is 12.0. The SMILES string of the molecule is CN1CCC(N(Cc2ccc3ncsc3c2)C(=O)Nc2ccc(C#N)cc2)CC1. The molecule has 0 saturated carbocycles. The molecule has 0 spiro atoms. The molecular weight excluding hydrogens is 382 g/mol. The van der Waals surface area contributed by atoms with E-state index >= 15 is 0 Å². The van der Waals surface area contributed by atoms with Gasteiger partial charge in [-0.2, -0.15) is 5.26 Å². The molecule has 1 aromatic heterocycles. The molecule has 2 amide bonds. The number of thiazole rings is 1. The lowest BCUT2D eigenvalue weighted by Crippen LogP contribution is -2.47. The molecular formula is C22H23N5OS. The fourth-order valence-corrected chi connectivity index (χ4v) is 4.43. The van der Waals surface area contributed by atoms with E-state index in [9.17, 15) is 4.79 Å². The summed E-state index contributed by atoms with van der Waals surface area (Å²) in [6, 6.07) is 15.4. The van der Waals surface area contributed by atoms with Crippen molar-refractivity contribution in [2.75, 3.05) is 25.5 Å². The first kappa shape index (κ1) is 19.4. The Labute approximate surface area is 174 Å². The summed E-state index contributed by atoms with van der Waals surface area (Å²) in [7, 11) is 2.12. The third kappa shape index (κ3) is 4.56. The van der Waals surface area contributed by atoms with E-state index in [1.807, 2.05) is 16.5 Å². The van der Waals surface area contributed by atoms with E-state index in [0.717, 1.165) is 41.7 Å². The molecule has 1 saturated heterocycles. The van der Waals surface area contributed by atoms with E-state index < -0.39 is 0 Å². The number of carbonyl (C=O) groups excluding carboxylic acids is 1. The van der Waals surface area contributed by atoms with Crippen LogP contribution in [0.3, 0.4) is 0 Å². The highest BCUT2D eigenvalue weighted by Gasteiger charge is 2.27. The number of nitrogens with zero attached hydrogens (tertiary/aromatic N) is 4. The molecule has 1 aliphatic heterocycles. The summed E-state index contributed by atoms with van der Waals surface area (Å²) in [4.78, 5) is 21.8. The number of amides is 2. The van der Waals surface area contributed by atoms with Gasteiger partial charge in [0.15, 0.2) is 0 Å². The molecule has 29 heavy (non-hydrogen) atoms. The van der Waals surface area contributed by atoms with Gasteiger partial charge in [-0.15, -0.1) is 11.3 Å². The van der Waals surface area contributed by atoms with Gasteiger partial charge >= 0.3 is 6.03 Å². The number of fused-ring (bicyclic) bond motifs is 1. The molecule has 0 bridgehead atoms. The quantitative estimate of drug-likeness (QED) is 0.703. The van der Waals surface area contributed by atoms with Crippen LogP contribution in [0.15, 0.2) is 48.0 Å². The van der Waals surface area contributed by atoms with Gasteiger partial charge in [-0.25, -0.2) is 9.78 Å². The molecule has 148 valence electrons. The lowest BCUT2D eigenvalue weighted by Gasteiger charge is -2.37. The number of nitrogens with one attached hydrogen (secondary N) is 1. The van der Waals surface area contributed by atoms with Gasteiger partial charge in [0.05, 0.1) is 27.4 Å². The van der Waals surface area contributed by atoms with E-state index in [0.29, 0.717) is 17.8 Å². The summed E-state index contributed by atoms with van der Waals surface area (Å²) in [5.74, 6) is 0. The third-order valence-corrected chi connectivity index (χ3v) is 6.20. The molecule has 3 aromatic rings. The lowest BCUT2D eigenvalue weighted by molar-refractivity contribution is 0.135. The van der Waals surface area contributed by atoms with Crippen molar-refractivity contribution in [2.45, 2.75) is 25.4 Å². The maximum Gasteiger partial charge on any atom is 0.322 e. The van der Waals surface area contributed by atoms with Crippen LogP contribution in [0, 0.1) is 11.3 Å². The normalized spacial score (nSPS) is 15.2. The Balaban J connectivity index is 1.54. The second-order valence-electron chi connectivity index (χ2n) is 7.44. The van der Waals surface area contributed by atoms with Crippen LogP contribution in [0.1, 0.15) is 24.0 Å². The van der Waals surface area contributed by atoms with Gasteiger partial charge in [0.2, 0.25) is 0 Å². The fraction of sp³-hybridized carbons (Fsp3) is 0.318. The van der Waals surface area contributed by atoms with Crippen LogP contribution in [0.2, 0.25) is 0 Å². The third-order valence-electron chi connectivity index (χ3n) is 5.40. The number of urea groups is 1. The van der Waals surface area contributed by atoms with Crippen molar-refractivity contribution in [3.63, 3.8) is 0 Å². The van der Waals surface area contributed by atoms with Crippen molar-refractivity contribution < 1.29 is 4.79 Å². The molecule has 1 fully saturated rings. The van der Waals surface area contributed by atoms with E-state index in [-0.39, 0.29) is 12.1 Å². The number of piperidine rings is 1. The molecule has 1 aliphatic rings. The highest BCUT2D eigenvalue weighted by atomic mass is 32.1. The minimum atomic E-state index is -0.103. The van der Waals surface area contributed by atoms with E-state index in [2.05, 4.69) is 40.5 Å². The Morgan fingerprint density at radius 2 is 2.03 bits per heavy atom. The van der Waals surface area contributed by atoms with E-state index in [1.54, 1.807) is 35.6 Å². The Hall–Kier alpha value is -2.95. The smallest absolute Gasteiger partial charge is 0.317 e. The molecule has 4 rings (SSSR count). The summed E-state index contributed by atoms with van der Waals surface area (Å²) < 4.78 is 1.14. The van der Waals surface area contributed by atoms with Gasteiger partial charge < -0.3 is 15.1 Å². The maximum atomic E-state index is 13.2. The van der Waals surface area contributed by atoms with Crippen molar-refractivity contribution >= 4 is 33.3 Å². The van der Waals surface area contributed by atoms with E-state index in [1.165, 1.54) is 0 Å². The fourth-order valence-electron chi connectivity index (χ4n) is 3.69. The Morgan fingerprint density at radius 1 is 1.28 bits per heavy atom. The molecule has 2 aromatic carbocycles. The van der Waals surface area contributed by atoms with Gasteiger partial charge in [0, 0.05) is 18.3 Å². The van der Waals surface area contributed by atoms with Crippen molar-refractivity contribution in [1.82, 2.24) is 14.8 Å². The molecule has 6 nitrogen and oxygen atoms in total. The minimum absolute atomic E-state index is 0.103. The predicted octanol–water partition coefficient (Wildman–Crippen LogP) is 4.30. The number of benzene rings is 2. The number of anilines is 1. The highest BCUT2D eigenvalue weighted by Crippen LogP contribution is 2.24. The first-order chi connectivity index (χ1) is 14.1. The average molecular weight is 406 g/mol. The van der Waals surface area contributed by atoms with Crippen LogP contribution in [0.25, 0.3) is 10.2 Å². The van der Waals surface area contributed by atoms with Gasteiger partial charge in [0.1, 0.15) is 0 Å². The number of aromatic nitrogens is 1. The first-order valence-electron chi connectivity index (χ1n) is 9.71. The molecule has 2 heterocycles. The zero-order chi connectivity index (χ0) is 20.2. The molecule has 0 radical (unpaired) electrons. The van der Waals surface area contributed by atoms with Crippen molar-refractivity contribution in [2.24, 2.45) is 0 Å². The lowest BCUT2D eigenvalue weighted by atomic mass is 10.0. The zero-order valence-corrected chi connectivity index (χ0v) is 17.2. The average Bonchev–Trinajstić information content (AvgIpc) is 3.21. The van der Waals surface area contributed by atoms with Gasteiger partial charge in [0.25, 0.3) is 0 Å². The van der Waals surface area contributed by atoms with Crippen molar-refractivity contribution in [1.29, 1.82) is 5.26 Å². The van der Waals surface area contributed by atoms with Gasteiger partial charge in [-0.3, -0.25) is 0 Å². The van der Waals surface area contributed by atoms with Crippen LogP contribution >= 0.6 is 11.3 Å². The summed E-state index contributed by atoms with van der Waals surface area (Å²) in [6.45, 7) is 2.53. The van der Waals surface area contributed by atoms with Gasteiger partial charge in [-0.05, 0) is 74.9 Å². The second kappa shape index (κ2) is 8.60. The molecule has 7 heteroatoms. The van der Waals surface area contributed by atoms with Crippen LogP contribution in [0.5, 0.6) is 0 Å². The monoisotopic (exact) mass is 405 g/mol. The Morgan fingerprint density at radius 3 is 2.76 bits per heavy atom. The van der Waals surface area contributed by atoms with Gasteiger partial charge in [-0.1, -0.05) is 6.07 Å². The number of nitriles is 1. The highest BCUT2D eigenvalue weighted by molar-refractivity contribution is 7.16. The molecule has 0 atom stereocenters. The second-order valence-corrected chi connectivity index (χ2v) is 8.32. The van der Waals surface area contributed by atoms with Crippen molar-refractivity contribution in [3.8, 4) is 6.07 Å². The van der Waals surface area contributed by atoms with Crippen LogP contribution in [0.4, 0.5) is 10.5 Å². The summed E-state index contributed by atoms with van der Waals surface area (Å²) in [5.41, 5.74) is 5.22.